The van der Waals surface area contributed by atoms with Crippen LogP contribution in [-0.2, 0) is 0 Å². The third kappa shape index (κ3) is 4.50. The van der Waals surface area contributed by atoms with E-state index in [-0.39, 0.29) is 11.7 Å². The van der Waals surface area contributed by atoms with Crippen molar-refractivity contribution in [2.45, 2.75) is 13.3 Å². The van der Waals surface area contributed by atoms with Gasteiger partial charge in [0.2, 0.25) is 0 Å². The van der Waals surface area contributed by atoms with Gasteiger partial charge in [-0.1, -0.05) is 18.1 Å². The zero-order valence-electron chi connectivity index (χ0n) is 14.8. The highest BCUT2D eigenvalue weighted by atomic mass is 19.1. The Morgan fingerprint density at radius 2 is 1.93 bits per heavy atom. The van der Waals surface area contributed by atoms with Crippen LogP contribution in [0.4, 0.5) is 14.6 Å². The highest BCUT2D eigenvalue weighted by molar-refractivity contribution is 6.04. The summed E-state index contributed by atoms with van der Waals surface area (Å²) < 4.78 is 27.4. The summed E-state index contributed by atoms with van der Waals surface area (Å²) in [4.78, 5) is 21.4. The van der Waals surface area contributed by atoms with Gasteiger partial charge in [0, 0.05) is 24.0 Å². The Kier molecular flexibility index (Phi) is 5.95. The minimum absolute atomic E-state index is 0.140. The zero-order chi connectivity index (χ0) is 19.9. The molecule has 1 aromatic carbocycles. The zero-order valence-corrected chi connectivity index (χ0v) is 14.8. The van der Waals surface area contributed by atoms with Crippen molar-refractivity contribution in [2.24, 2.45) is 5.16 Å². The van der Waals surface area contributed by atoms with E-state index in [1.54, 1.807) is 18.2 Å². The minimum Gasteiger partial charge on any atom is -0.335 e. The number of halogens is 2. The SMILES string of the molecule is CCC(=NOc1cccnn1)c1ccc(NC(=O)c2c(F)cccc2F)nc1. The first-order valence-electron chi connectivity index (χ1n) is 8.32. The summed E-state index contributed by atoms with van der Waals surface area (Å²) in [6.07, 6.45) is 3.53. The molecule has 0 unspecified atom stereocenters. The highest BCUT2D eigenvalue weighted by Crippen LogP contribution is 2.15. The number of carbonyl (C=O) groups is 1. The van der Waals surface area contributed by atoms with Crippen LogP contribution in [0.25, 0.3) is 0 Å². The van der Waals surface area contributed by atoms with Crippen molar-refractivity contribution >= 4 is 17.4 Å². The number of anilines is 1. The maximum atomic E-state index is 13.7. The maximum absolute atomic E-state index is 13.7. The van der Waals surface area contributed by atoms with E-state index in [1.807, 2.05) is 6.92 Å². The van der Waals surface area contributed by atoms with Crippen molar-refractivity contribution in [3.8, 4) is 5.88 Å². The van der Waals surface area contributed by atoms with Crippen molar-refractivity contribution in [2.75, 3.05) is 5.32 Å². The van der Waals surface area contributed by atoms with Gasteiger partial charge in [-0.15, -0.1) is 5.10 Å². The van der Waals surface area contributed by atoms with E-state index >= 15 is 0 Å². The predicted octanol–water partition coefficient (Wildman–Crippen LogP) is 3.60. The number of hydrogen-bond donors (Lipinski definition) is 1. The minimum atomic E-state index is -0.948. The monoisotopic (exact) mass is 383 g/mol. The van der Waals surface area contributed by atoms with Gasteiger partial charge in [-0.3, -0.25) is 4.79 Å². The molecule has 3 aromatic rings. The molecule has 3 rings (SSSR count). The topological polar surface area (TPSA) is 89.4 Å². The number of aromatic nitrogens is 3. The lowest BCUT2D eigenvalue weighted by atomic mass is 10.1. The average molecular weight is 383 g/mol. The molecule has 0 aliphatic rings. The molecule has 2 aromatic heterocycles. The van der Waals surface area contributed by atoms with Crippen molar-refractivity contribution < 1.29 is 18.4 Å². The van der Waals surface area contributed by atoms with Crippen molar-refractivity contribution in [3.05, 3.63) is 77.6 Å². The van der Waals surface area contributed by atoms with Crippen molar-refractivity contribution in [3.63, 3.8) is 0 Å². The lowest BCUT2D eigenvalue weighted by molar-refractivity contribution is 0.101. The summed E-state index contributed by atoms with van der Waals surface area (Å²) in [6.45, 7) is 1.88. The lowest BCUT2D eigenvalue weighted by Gasteiger charge is -2.08. The van der Waals surface area contributed by atoms with Crippen molar-refractivity contribution in [1.29, 1.82) is 0 Å². The Balaban J connectivity index is 1.72. The number of benzene rings is 1. The molecule has 1 amide bonds. The lowest BCUT2D eigenvalue weighted by Crippen LogP contribution is -2.16. The van der Waals surface area contributed by atoms with Crippen LogP contribution >= 0.6 is 0 Å². The van der Waals surface area contributed by atoms with Gasteiger partial charge in [0.1, 0.15) is 23.0 Å². The summed E-state index contributed by atoms with van der Waals surface area (Å²) in [7, 11) is 0. The van der Waals surface area contributed by atoms with Gasteiger partial charge >= 0.3 is 0 Å². The van der Waals surface area contributed by atoms with Gasteiger partial charge in [0.15, 0.2) is 0 Å². The quantitative estimate of drug-likeness (QED) is 0.519. The maximum Gasteiger partial charge on any atom is 0.267 e. The van der Waals surface area contributed by atoms with E-state index in [4.69, 9.17) is 4.84 Å². The third-order valence-electron chi connectivity index (χ3n) is 3.66. The first-order chi connectivity index (χ1) is 13.6. The van der Waals surface area contributed by atoms with Gasteiger partial charge in [0.25, 0.3) is 11.8 Å². The number of carbonyl (C=O) groups excluding carboxylic acids is 1. The van der Waals surface area contributed by atoms with Crippen LogP contribution in [-0.4, -0.2) is 26.8 Å². The van der Waals surface area contributed by atoms with E-state index in [1.165, 1.54) is 24.5 Å². The van der Waals surface area contributed by atoms with Gasteiger partial charge in [-0.2, -0.15) is 5.10 Å². The van der Waals surface area contributed by atoms with E-state index in [9.17, 15) is 13.6 Å². The fraction of sp³-hybridized carbons (Fsp3) is 0.105. The molecule has 0 aliphatic carbocycles. The number of pyridine rings is 1. The van der Waals surface area contributed by atoms with E-state index < -0.39 is 23.1 Å². The number of hydrogen-bond acceptors (Lipinski definition) is 6. The van der Waals surface area contributed by atoms with Gasteiger partial charge in [-0.25, -0.2) is 13.8 Å². The van der Waals surface area contributed by atoms with Crippen molar-refractivity contribution in [1.82, 2.24) is 15.2 Å². The van der Waals surface area contributed by atoms with Crippen LogP contribution in [0.3, 0.4) is 0 Å². The largest absolute Gasteiger partial charge is 0.335 e. The Morgan fingerprint density at radius 3 is 2.54 bits per heavy atom. The predicted molar refractivity (Wildman–Crippen MR) is 98.0 cm³/mol. The summed E-state index contributed by atoms with van der Waals surface area (Å²) in [5.41, 5.74) is 0.583. The van der Waals surface area contributed by atoms with Crippen LogP contribution < -0.4 is 10.2 Å². The van der Waals surface area contributed by atoms with Gasteiger partial charge in [0.05, 0.1) is 5.71 Å². The third-order valence-corrected chi connectivity index (χ3v) is 3.66. The van der Waals surface area contributed by atoms with Crippen LogP contribution in [0.5, 0.6) is 5.88 Å². The smallest absolute Gasteiger partial charge is 0.267 e. The van der Waals surface area contributed by atoms with E-state index in [2.05, 4.69) is 25.7 Å². The summed E-state index contributed by atoms with van der Waals surface area (Å²) >= 11 is 0. The Hall–Kier alpha value is -3.75. The highest BCUT2D eigenvalue weighted by Gasteiger charge is 2.17. The molecule has 0 bridgehead atoms. The number of nitrogens with zero attached hydrogens (tertiary/aromatic N) is 4. The molecule has 0 atom stereocenters. The first-order valence-corrected chi connectivity index (χ1v) is 8.32. The molecule has 7 nitrogen and oxygen atoms in total. The number of amides is 1. The number of oxime groups is 1. The summed E-state index contributed by atoms with van der Waals surface area (Å²) in [5, 5.41) is 13.8. The summed E-state index contributed by atoms with van der Waals surface area (Å²) in [6, 6.07) is 9.64. The molecule has 1 N–H and O–H groups in total. The average Bonchev–Trinajstić information content (AvgIpc) is 2.70. The molecule has 0 fully saturated rings. The molecule has 0 radical (unpaired) electrons. The second-order valence-corrected chi connectivity index (χ2v) is 5.53. The normalized spacial score (nSPS) is 11.2. The standard InChI is InChI=1S/C19H15F2N5O2/c1-2-15(26-28-17-7-4-10-23-25-17)12-8-9-16(22-11-12)24-19(27)18-13(20)5-3-6-14(18)21/h3-11H,2H2,1H3,(H,22,24,27). The molecule has 142 valence electrons. The Morgan fingerprint density at radius 1 is 1.14 bits per heavy atom. The van der Waals surface area contributed by atoms with E-state index in [0.29, 0.717) is 17.7 Å². The Bertz CT molecular complexity index is 975. The molecule has 2 heterocycles. The summed E-state index contributed by atoms with van der Waals surface area (Å²) in [5.74, 6) is -2.43. The molecule has 0 spiro atoms. The van der Waals surface area contributed by atoms with Gasteiger partial charge < -0.3 is 10.2 Å². The second-order valence-electron chi connectivity index (χ2n) is 5.53. The number of nitrogens with one attached hydrogen (secondary N) is 1. The molecule has 0 aliphatic heterocycles. The fourth-order valence-corrected chi connectivity index (χ4v) is 2.29. The molecule has 0 saturated heterocycles. The van der Waals surface area contributed by atoms with Gasteiger partial charge in [-0.05, 0) is 36.8 Å². The van der Waals surface area contributed by atoms with Crippen LogP contribution in [0.2, 0.25) is 0 Å². The number of rotatable bonds is 6. The first kappa shape index (κ1) is 19.0. The Labute approximate surface area is 159 Å². The van der Waals surface area contributed by atoms with Crippen LogP contribution in [0, 0.1) is 11.6 Å². The molecular formula is C19H15F2N5O2. The fourth-order valence-electron chi connectivity index (χ4n) is 2.29. The van der Waals surface area contributed by atoms with E-state index in [0.717, 1.165) is 12.1 Å². The molecule has 9 heteroatoms. The molecule has 28 heavy (non-hydrogen) atoms. The van der Waals surface area contributed by atoms with Crippen LogP contribution in [0.15, 0.2) is 60.0 Å². The second kappa shape index (κ2) is 8.76. The van der Waals surface area contributed by atoms with Crippen LogP contribution in [0.1, 0.15) is 29.3 Å². The molecule has 0 saturated carbocycles. The molecular weight excluding hydrogens is 368 g/mol.